The number of amides is 1. The quantitative estimate of drug-likeness (QED) is 0.544. The number of benzene rings is 2. The third kappa shape index (κ3) is 4.75. The fourth-order valence-corrected chi connectivity index (χ4v) is 3.94. The molecule has 29 heavy (non-hydrogen) atoms. The second-order valence-corrected chi connectivity index (χ2v) is 8.18. The maximum absolute atomic E-state index is 12.8. The maximum Gasteiger partial charge on any atom is 0.276 e. The van der Waals surface area contributed by atoms with Gasteiger partial charge >= 0.3 is 0 Å². The number of nitrogens with zero attached hydrogens (tertiary/aromatic N) is 3. The van der Waals surface area contributed by atoms with Crippen molar-refractivity contribution in [1.82, 2.24) is 15.0 Å². The Bertz CT molecular complexity index is 1010. The number of carbonyl (C=O) groups is 1. The first-order chi connectivity index (χ1) is 14.0. The first kappa shape index (κ1) is 20.2. The second kappa shape index (κ2) is 8.76. The molecule has 0 atom stereocenters. The molecule has 1 aromatic heterocycles. The van der Waals surface area contributed by atoms with E-state index in [2.05, 4.69) is 10.1 Å². The Labute approximate surface area is 183 Å². The molecule has 150 valence electrons. The normalized spacial score (nSPS) is 14.9. The monoisotopic (exact) mass is 449 g/mol. The van der Waals surface area contributed by atoms with E-state index in [0.29, 0.717) is 34.5 Å². The molecule has 1 aliphatic rings. The van der Waals surface area contributed by atoms with E-state index >= 15 is 0 Å². The predicted molar refractivity (Wildman–Crippen MR) is 115 cm³/mol. The molecule has 8 heteroatoms. The lowest BCUT2D eigenvalue weighted by Crippen LogP contribution is -2.48. The van der Waals surface area contributed by atoms with Crippen LogP contribution < -0.4 is 0 Å². The van der Waals surface area contributed by atoms with Crippen molar-refractivity contribution in [2.45, 2.75) is 6.54 Å². The third-order valence-corrected chi connectivity index (χ3v) is 5.70. The highest BCUT2D eigenvalue weighted by Gasteiger charge is 2.25. The van der Waals surface area contributed by atoms with Gasteiger partial charge < -0.3 is 9.42 Å². The van der Waals surface area contributed by atoms with Crippen LogP contribution >= 0.6 is 34.8 Å². The zero-order valence-electron chi connectivity index (χ0n) is 15.4. The summed E-state index contributed by atoms with van der Waals surface area (Å²) in [5.74, 6) is 0.299. The van der Waals surface area contributed by atoms with Gasteiger partial charge in [0, 0.05) is 54.4 Å². The van der Waals surface area contributed by atoms with Crippen molar-refractivity contribution in [1.29, 1.82) is 0 Å². The zero-order valence-corrected chi connectivity index (χ0v) is 17.7. The van der Waals surface area contributed by atoms with Crippen LogP contribution in [0.4, 0.5) is 0 Å². The summed E-state index contributed by atoms with van der Waals surface area (Å²) < 4.78 is 5.35. The highest BCUT2D eigenvalue weighted by atomic mass is 35.5. The summed E-state index contributed by atoms with van der Waals surface area (Å²) in [6.45, 7) is 3.69. The second-order valence-electron chi connectivity index (χ2n) is 6.90. The van der Waals surface area contributed by atoms with Gasteiger partial charge in [0.05, 0.1) is 5.02 Å². The van der Waals surface area contributed by atoms with Crippen molar-refractivity contribution in [3.05, 3.63) is 74.9 Å². The first-order valence-corrected chi connectivity index (χ1v) is 10.3. The SMILES string of the molecule is O=C(c1cc(-c2ccc(Cl)cc2Cl)on1)N1CCN(Cc2ccc(Cl)cc2)CC1. The molecule has 2 aromatic carbocycles. The molecule has 2 heterocycles. The molecule has 1 amide bonds. The molecular formula is C21H18Cl3N3O2. The van der Waals surface area contributed by atoms with Crippen LogP contribution in [0.1, 0.15) is 16.1 Å². The Morgan fingerprint density at radius 3 is 2.31 bits per heavy atom. The number of aromatic nitrogens is 1. The third-order valence-electron chi connectivity index (χ3n) is 4.90. The van der Waals surface area contributed by atoms with E-state index in [9.17, 15) is 4.79 Å². The Morgan fingerprint density at radius 1 is 0.931 bits per heavy atom. The number of rotatable bonds is 4. The molecular weight excluding hydrogens is 433 g/mol. The summed E-state index contributed by atoms with van der Waals surface area (Å²) in [4.78, 5) is 16.9. The van der Waals surface area contributed by atoms with E-state index in [1.807, 2.05) is 24.3 Å². The lowest BCUT2D eigenvalue weighted by Gasteiger charge is -2.34. The number of carbonyl (C=O) groups excluding carboxylic acids is 1. The van der Waals surface area contributed by atoms with Gasteiger partial charge in [-0.25, -0.2) is 0 Å². The van der Waals surface area contributed by atoms with Crippen molar-refractivity contribution in [3.63, 3.8) is 0 Å². The van der Waals surface area contributed by atoms with E-state index in [-0.39, 0.29) is 11.6 Å². The fourth-order valence-electron chi connectivity index (χ4n) is 3.31. The van der Waals surface area contributed by atoms with Gasteiger partial charge in [-0.15, -0.1) is 0 Å². The predicted octanol–water partition coefficient (Wildman–Crippen LogP) is 5.26. The van der Waals surface area contributed by atoms with Crippen LogP contribution in [0.3, 0.4) is 0 Å². The van der Waals surface area contributed by atoms with Gasteiger partial charge in [-0.05, 0) is 35.9 Å². The van der Waals surface area contributed by atoms with E-state index in [1.54, 1.807) is 29.2 Å². The molecule has 1 saturated heterocycles. The van der Waals surface area contributed by atoms with Crippen LogP contribution in [0.2, 0.25) is 15.1 Å². The molecule has 0 saturated carbocycles. The van der Waals surface area contributed by atoms with Crippen molar-refractivity contribution < 1.29 is 9.32 Å². The number of hydrogen-bond acceptors (Lipinski definition) is 4. The molecule has 5 nitrogen and oxygen atoms in total. The number of hydrogen-bond donors (Lipinski definition) is 0. The van der Waals surface area contributed by atoms with Crippen molar-refractivity contribution in [2.75, 3.05) is 26.2 Å². The fraction of sp³-hybridized carbons (Fsp3) is 0.238. The Morgan fingerprint density at radius 2 is 1.62 bits per heavy atom. The Hall–Kier alpha value is -2.05. The van der Waals surface area contributed by atoms with E-state index < -0.39 is 0 Å². The van der Waals surface area contributed by atoms with Gasteiger partial charge in [-0.2, -0.15) is 0 Å². The van der Waals surface area contributed by atoms with Crippen LogP contribution in [0.25, 0.3) is 11.3 Å². The lowest BCUT2D eigenvalue weighted by molar-refractivity contribution is 0.0618. The minimum Gasteiger partial charge on any atom is -0.355 e. The van der Waals surface area contributed by atoms with Crippen molar-refractivity contribution in [2.24, 2.45) is 0 Å². The van der Waals surface area contributed by atoms with E-state index in [4.69, 9.17) is 39.3 Å². The smallest absolute Gasteiger partial charge is 0.276 e. The molecule has 4 rings (SSSR count). The minimum absolute atomic E-state index is 0.142. The average Bonchev–Trinajstić information content (AvgIpc) is 3.20. The molecule has 0 radical (unpaired) electrons. The molecule has 0 aliphatic carbocycles. The number of halogens is 3. The van der Waals surface area contributed by atoms with Crippen LogP contribution in [0.5, 0.6) is 0 Å². The van der Waals surface area contributed by atoms with Gasteiger partial charge in [0.1, 0.15) is 0 Å². The number of piperazine rings is 1. The molecule has 1 fully saturated rings. The lowest BCUT2D eigenvalue weighted by atomic mass is 10.1. The van der Waals surface area contributed by atoms with Gasteiger partial charge in [0.25, 0.3) is 5.91 Å². The summed E-state index contributed by atoms with van der Waals surface area (Å²) in [7, 11) is 0. The largest absolute Gasteiger partial charge is 0.355 e. The van der Waals surface area contributed by atoms with Crippen LogP contribution in [-0.4, -0.2) is 47.0 Å². The van der Waals surface area contributed by atoms with Crippen molar-refractivity contribution >= 4 is 40.7 Å². The molecule has 0 N–H and O–H groups in total. The average molecular weight is 451 g/mol. The van der Waals surface area contributed by atoms with Crippen LogP contribution in [0, 0.1) is 0 Å². The summed E-state index contributed by atoms with van der Waals surface area (Å²) in [6.07, 6.45) is 0. The van der Waals surface area contributed by atoms with Crippen LogP contribution in [0.15, 0.2) is 53.1 Å². The summed E-state index contributed by atoms with van der Waals surface area (Å²) in [6, 6.07) is 14.6. The topological polar surface area (TPSA) is 49.6 Å². The minimum atomic E-state index is -0.142. The molecule has 3 aromatic rings. The molecule has 1 aliphatic heterocycles. The molecule has 0 bridgehead atoms. The zero-order chi connectivity index (χ0) is 20.4. The van der Waals surface area contributed by atoms with Gasteiger partial charge in [-0.3, -0.25) is 9.69 Å². The highest BCUT2D eigenvalue weighted by Crippen LogP contribution is 2.31. The first-order valence-electron chi connectivity index (χ1n) is 9.18. The highest BCUT2D eigenvalue weighted by molar-refractivity contribution is 6.36. The summed E-state index contributed by atoms with van der Waals surface area (Å²) >= 11 is 18.1. The molecule has 0 unspecified atom stereocenters. The van der Waals surface area contributed by atoms with Crippen molar-refractivity contribution in [3.8, 4) is 11.3 Å². The standard InChI is InChI=1S/C21H18Cl3N3O2/c22-15-3-1-14(2-4-15)13-26-7-9-27(10-8-26)21(28)19-12-20(29-25-19)17-6-5-16(23)11-18(17)24/h1-6,11-12H,7-10,13H2. The summed E-state index contributed by atoms with van der Waals surface area (Å²) in [5.41, 5.74) is 2.13. The van der Waals surface area contributed by atoms with Gasteiger partial charge in [0.15, 0.2) is 11.5 Å². The van der Waals surface area contributed by atoms with E-state index in [0.717, 1.165) is 24.7 Å². The van der Waals surface area contributed by atoms with E-state index in [1.165, 1.54) is 5.56 Å². The summed E-state index contributed by atoms with van der Waals surface area (Å²) in [5, 5.41) is 5.66. The van der Waals surface area contributed by atoms with Gasteiger partial charge in [0.2, 0.25) is 0 Å². The molecule has 0 spiro atoms. The van der Waals surface area contributed by atoms with Gasteiger partial charge in [-0.1, -0.05) is 52.1 Å². The maximum atomic E-state index is 12.8. The Kier molecular flexibility index (Phi) is 6.11. The Balaban J connectivity index is 1.37. The van der Waals surface area contributed by atoms with Crippen LogP contribution in [-0.2, 0) is 6.54 Å².